The van der Waals surface area contributed by atoms with Crippen LogP contribution in [0.15, 0.2) is 0 Å². The first-order valence-electron chi connectivity index (χ1n) is 5.67. The Kier molecular flexibility index (Phi) is 4.73. The molecule has 1 aromatic heterocycles. The van der Waals surface area contributed by atoms with Crippen molar-refractivity contribution in [2.45, 2.75) is 13.0 Å². The number of likely N-dealkylation sites (N-methyl/N-ethyl adjacent to an activating group) is 1. The number of nitrogen functional groups attached to an aromatic ring is 1. The third-order valence-electron chi connectivity index (χ3n) is 2.85. The third-order valence-corrected chi connectivity index (χ3v) is 4.03. The van der Waals surface area contributed by atoms with Gasteiger partial charge >= 0.3 is 0 Å². The number of rotatable bonds is 6. The summed E-state index contributed by atoms with van der Waals surface area (Å²) in [4.78, 5) is 24.8. The molecule has 0 aliphatic heterocycles. The summed E-state index contributed by atoms with van der Waals surface area (Å²) >= 11 is 1.05. The summed E-state index contributed by atoms with van der Waals surface area (Å²) in [5.74, 6) is -1.35. The van der Waals surface area contributed by atoms with Crippen molar-refractivity contribution in [1.29, 1.82) is 0 Å². The normalized spacial score (nSPS) is 12.4. The van der Waals surface area contributed by atoms with Gasteiger partial charge in [-0.1, -0.05) is 0 Å². The molecule has 0 aromatic carbocycles. The molecule has 1 rings (SSSR count). The Morgan fingerprint density at radius 1 is 1.32 bits per heavy atom. The molecule has 8 heteroatoms. The molecular formula is C11H19N5O2S. The van der Waals surface area contributed by atoms with Crippen LogP contribution in [-0.2, 0) is 0 Å². The first-order chi connectivity index (χ1) is 8.75. The van der Waals surface area contributed by atoms with Crippen LogP contribution in [0.4, 0.5) is 10.7 Å². The maximum atomic E-state index is 11.4. The number of hydrogen-bond donors (Lipinski definition) is 4. The fourth-order valence-corrected chi connectivity index (χ4v) is 2.40. The van der Waals surface area contributed by atoms with Crippen molar-refractivity contribution < 1.29 is 9.59 Å². The second-order valence-electron chi connectivity index (χ2n) is 4.47. The van der Waals surface area contributed by atoms with Crippen molar-refractivity contribution in [3.05, 3.63) is 10.4 Å². The van der Waals surface area contributed by atoms with Crippen LogP contribution in [-0.4, -0.2) is 43.4 Å². The molecule has 1 unspecified atom stereocenters. The molecule has 0 radical (unpaired) electrons. The van der Waals surface area contributed by atoms with Gasteiger partial charge in [-0.05, 0) is 21.0 Å². The summed E-state index contributed by atoms with van der Waals surface area (Å²) in [6.07, 6.45) is 0. The molecule has 0 fully saturated rings. The van der Waals surface area contributed by atoms with Crippen molar-refractivity contribution in [2.75, 3.05) is 31.7 Å². The predicted molar refractivity (Wildman–Crippen MR) is 77.4 cm³/mol. The molecule has 1 atom stereocenters. The average molecular weight is 285 g/mol. The van der Waals surface area contributed by atoms with Crippen molar-refractivity contribution in [2.24, 2.45) is 11.5 Å². The highest BCUT2D eigenvalue weighted by molar-refractivity contribution is 7.19. The molecule has 0 aliphatic carbocycles. The topological polar surface area (TPSA) is 127 Å². The fraction of sp³-hybridized carbons (Fsp3) is 0.455. The van der Waals surface area contributed by atoms with Gasteiger partial charge in [-0.15, -0.1) is 11.3 Å². The second kappa shape index (κ2) is 5.89. The molecule has 0 bridgehead atoms. The Bertz CT molecular complexity index is 498. The van der Waals surface area contributed by atoms with Crippen molar-refractivity contribution in [1.82, 2.24) is 4.90 Å². The number of nitrogens with one attached hydrogen (secondary N) is 1. The number of hydrogen-bond acceptors (Lipinski definition) is 6. The van der Waals surface area contributed by atoms with E-state index < -0.39 is 11.8 Å². The van der Waals surface area contributed by atoms with Crippen LogP contribution in [0.2, 0.25) is 0 Å². The van der Waals surface area contributed by atoms with Crippen LogP contribution in [0.5, 0.6) is 0 Å². The van der Waals surface area contributed by atoms with Gasteiger partial charge in [0.2, 0.25) is 0 Å². The van der Waals surface area contributed by atoms with E-state index in [-0.39, 0.29) is 22.2 Å². The van der Waals surface area contributed by atoms with E-state index in [0.29, 0.717) is 11.5 Å². The zero-order chi connectivity index (χ0) is 14.7. The molecule has 0 saturated carbocycles. The zero-order valence-corrected chi connectivity index (χ0v) is 12.0. The monoisotopic (exact) mass is 285 g/mol. The van der Waals surface area contributed by atoms with Gasteiger partial charge in [0.1, 0.15) is 9.88 Å². The first kappa shape index (κ1) is 15.3. The Balaban J connectivity index is 3.03. The average Bonchev–Trinajstić information content (AvgIpc) is 2.62. The number of nitrogens with two attached hydrogens (primary N) is 3. The molecule has 0 spiro atoms. The van der Waals surface area contributed by atoms with Gasteiger partial charge < -0.3 is 27.4 Å². The maximum absolute atomic E-state index is 11.4. The molecule has 1 heterocycles. The van der Waals surface area contributed by atoms with Gasteiger partial charge in [0.05, 0.1) is 11.3 Å². The SMILES string of the molecule is CC(CNc1sc(C(N)=O)c(N)c1C(N)=O)N(C)C. The molecule has 1 aromatic rings. The van der Waals surface area contributed by atoms with Crippen LogP contribution in [0, 0.1) is 0 Å². The van der Waals surface area contributed by atoms with Gasteiger partial charge in [-0.3, -0.25) is 9.59 Å². The first-order valence-corrected chi connectivity index (χ1v) is 6.49. The lowest BCUT2D eigenvalue weighted by atomic mass is 10.2. The lowest BCUT2D eigenvalue weighted by Crippen LogP contribution is -2.31. The summed E-state index contributed by atoms with van der Waals surface area (Å²) in [5.41, 5.74) is 16.4. The zero-order valence-electron chi connectivity index (χ0n) is 11.2. The lowest BCUT2D eigenvalue weighted by molar-refractivity contribution is 0.0999. The highest BCUT2D eigenvalue weighted by Crippen LogP contribution is 2.35. The second-order valence-corrected chi connectivity index (χ2v) is 5.49. The number of carbonyl (C=O) groups is 2. The van der Waals surface area contributed by atoms with E-state index in [2.05, 4.69) is 5.32 Å². The van der Waals surface area contributed by atoms with E-state index >= 15 is 0 Å². The van der Waals surface area contributed by atoms with E-state index in [0.717, 1.165) is 11.3 Å². The Labute approximate surface area is 115 Å². The molecule has 0 aliphatic rings. The standard InChI is InChI=1S/C11H19N5O2S/c1-5(16(2)3)4-15-11-6(9(13)17)7(12)8(19-11)10(14)18/h5,15H,4,12H2,1-3H3,(H2,13,17)(H2,14,18). The quantitative estimate of drug-likeness (QED) is 0.580. The minimum absolute atomic E-state index is 0.0463. The molecule has 0 saturated heterocycles. The van der Waals surface area contributed by atoms with Gasteiger partial charge in [-0.2, -0.15) is 0 Å². The highest BCUT2D eigenvalue weighted by atomic mass is 32.1. The molecule has 7 nitrogen and oxygen atoms in total. The highest BCUT2D eigenvalue weighted by Gasteiger charge is 2.23. The van der Waals surface area contributed by atoms with Crippen LogP contribution in [0.3, 0.4) is 0 Å². The van der Waals surface area contributed by atoms with Gasteiger partial charge in [0.25, 0.3) is 11.8 Å². The van der Waals surface area contributed by atoms with Crippen molar-refractivity contribution in [3.8, 4) is 0 Å². The maximum Gasteiger partial charge on any atom is 0.260 e. The van der Waals surface area contributed by atoms with Gasteiger partial charge in [-0.25, -0.2) is 0 Å². The number of thiophene rings is 1. The summed E-state index contributed by atoms with van der Waals surface area (Å²) in [5, 5.41) is 3.56. The van der Waals surface area contributed by atoms with E-state index in [1.807, 2.05) is 25.9 Å². The molecule has 19 heavy (non-hydrogen) atoms. The Hall–Kier alpha value is -1.80. The van der Waals surface area contributed by atoms with E-state index in [1.165, 1.54) is 0 Å². The molecule has 106 valence electrons. The summed E-state index contributed by atoms with van der Waals surface area (Å²) in [6.45, 7) is 2.61. The molecular weight excluding hydrogens is 266 g/mol. The third kappa shape index (κ3) is 3.36. The fourth-order valence-electron chi connectivity index (χ4n) is 1.42. The number of primary amides is 2. The summed E-state index contributed by atoms with van der Waals surface area (Å²) < 4.78 is 0. The van der Waals surface area contributed by atoms with Crippen molar-refractivity contribution in [3.63, 3.8) is 0 Å². The Morgan fingerprint density at radius 3 is 2.32 bits per heavy atom. The summed E-state index contributed by atoms with van der Waals surface area (Å²) in [7, 11) is 3.89. The number of carbonyl (C=O) groups excluding carboxylic acids is 2. The molecule has 7 N–H and O–H groups in total. The summed E-state index contributed by atoms with van der Waals surface area (Å²) in [6, 6.07) is 0.237. The number of amides is 2. The van der Waals surface area contributed by atoms with Crippen LogP contribution in [0.1, 0.15) is 27.0 Å². The molecule has 2 amide bonds. The van der Waals surface area contributed by atoms with E-state index in [9.17, 15) is 9.59 Å². The smallest absolute Gasteiger partial charge is 0.260 e. The minimum Gasteiger partial charge on any atom is -0.397 e. The number of anilines is 2. The van der Waals surface area contributed by atoms with Gasteiger partial charge in [0.15, 0.2) is 0 Å². The van der Waals surface area contributed by atoms with Gasteiger partial charge in [0, 0.05) is 12.6 Å². The minimum atomic E-state index is -0.679. The lowest BCUT2D eigenvalue weighted by Gasteiger charge is -2.20. The van der Waals surface area contributed by atoms with Crippen molar-refractivity contribution >= 4 is 33.8 Å². The Morgan fingerprint density at radius 2 is 1.89 bits per heavy atom. The van der Waals surface area contributed by atoms with Crippen LogP contribution < -0.4 is 22.5 Å². The van der Waals surface area contributed by atoms with E-state index in [1.54, 1.807) is 0 Å². The van der Waals surface area contributed by atoms with Crippen LogP contribution >= 0.6 is 11.3 Å². The van der Waals surface area contributed by atoms with E-state index in [4.69, 9.17) is 17.2 Å². The largest absolute Gasteiger partial charge is 0.397 e. The number of nitrogens with zero attached hydrogens (tertiary/aromatic N) is 1. The van der Waals surface area contributed by atoms with Crippen LogP contribution in [0.25, 0.3) is 0 Å². The predicted octanol–water partition coefficient (Wildman–Crippen LogP) is -0.110.